The minimum Gasteiger partial charge on any atom is -0.289 e. The van der Waals surface area contributed by atoms with Gasteiger partial charge in [-0.05, 0) is 30.3 Å². The molecular weight excluding hydrogens is 340 g/mol. The minimum absolute atomic E-state index is 0.215. The van der Waals surface area contributed by atoms with E-state index in [0.717, 1.165) is 6.07 Å². The first-order valence-electron chi connectivity index (χ1n) is 5.46. The molecule has 0 saturated heterocycles. The van der Waals surface area contributed by atoms with Crippen molar-refractivity contribution in [3.63, 3.8) is 0 Å². The van der Waals surface area contributed by atoms with Gasteiger partial charge in [-0.3, -0.25) is 4.79 Å². The van der Waals surface area contributed by atoms with Gasteiger partial charge in [-0.15, -0.1) is 0 Å². The number of halogens is 5. The fraction of sp³-hybridized carbons (Fsp3) is 0.0714. The van der Waals surface area contributed by atoms with Crippen molar-refractivity contribution in [1.29, 1.82) is 0 Å². The van der Waals surface area contributed by atoms with Gasteiger partial charge in [0, 0.05) is 15.6 Å². The Morgan fingerprint density at radius 1 is 1.05 bits per heavy atom. The topological polar surface area (TPSA) is 17.1 Å². The molecule has 1 nitrogen and oxygen atoms in total. The second-order valence-corrected chi connectivity index (χ2v) is 4.86. The van der Waals surface area contributed by atoms with Crippen LogP contribution >= 0.6 is 15.9 Å². The van der Waals surface area contributed by atoms with Crippen molar-refractivity contribution < 1.29 is 22.4 Å². The van der Waals surface area contributed by atoms with E-state index in [4.69, 9.17) is 0 Å². The Labute approximate surface area is 120 Å². The molecule has 0 fully saturated rings. The lowest BCUT2D eigenvalue weighted by Crippen LogP contribution is -2.11. The Kier molecular flexibility index (Phi) is 3.94. The summed E-state index contributed by atoms with van der Waals surface area (Å²) in [4.78, 5) is 12.1. The number of hydrogen-bond acceptors (Lipinski definition) is 1. The molecule has 6 heteroatoms. The average Bonchev–Trinajstić information content (AvgIpc) is 2.37. The van der Waals surface area contributed by atoms with Gasteiger partial charge in [-0.25, -0.2) is 4.39 Å². The van der Waals surface area contributed by atoms with E-state index < -0.39 is 23.3 Å². The maximum Gasteiger partial charge on any atom is 0.419 e. The van der Waals surface area contributed by atoms with Crippen LogP contribution in [0.25, 0.3) is 0 Å². The predicted molar refractivity (Wildman–Crippen MR) is 69.0 cm³/mol. The number of rotatable bonds is 2. The van der Waals surface area contributed by atoms with Crippen molar-refractivity contribution in [2.24, 2.45) is 0 Å². The molecule has 20 heavy (non-hydrogen) atoms. The van der Waals surface area contributed by atoms with E-state index in [1.807, 2.05) is 0 Å². The highest BCUT2D eigenvalue weighted by molar-refractivity contribution is 9.10. The molecule has 0 heterocycles. The molecule has 0 unspecified atom stereocenters. The van der Waals surface area contributed by atoms with E-state index in [2.05, 4.69) is 15.9 Å². The van der Waals surface area contributed by atoms with E-state index in [9.17, 15) is 22.4 Å². The summed E-state index contributed by atoms with van der Waals surface area (Å²) in [5.41, 5.74) is -1.45. The largest absolute Gasteiger partial charge is 0.419 e. The summed E-state index contributed by atoms with van der Waals surface area (Å²) in [5, 5.41) is 0. The van der Waals surface area contributed by atoms with Gasteiger partial charge in [0.1, 0.15) is 5.82 Å². The fourth-order valence-electron chi connectivity index (χ4n) is 1.68. The molecule has 0 aliphatic rings. The summed E-state index contributed by atoms with van der Waals surface area (Å²) in [6.07, 6.45) is -4.84. The zero-order valence-corrected chi connectivity index (χ0v) is 11.4. The van der Waals surface area contributed by atoms with Gasteiger partial charge >= 0.3 is 6.18 Å². The number of carbonyl (C=O) groups is 1. The van der Waals surface area contributed by atoms with Gasteiger partial charge in [-0.2, -0.15) is 13.2 Å². The molecular formula is C14H7BrF4O. The van der Waals surface area contributed by atoms with Gasteiger partial charge in [0.25, 0.3) is 0 Å². The van der Waals surface area contributed by atoms with Crippen LogP contribution in [-0.2, 0) is 6.18 Å². The molecule has 2 aromatic rings. The zero-order chi connectivity index (χ0) is 14.9. The molecule has 104 valence electrons. The summed E-state index contributed by atoms with van der Waals surface area (Å²) < 4.78 is 51.5. The Morgan fingerprint density at radius 2 is 1.70 bits per heavy atom. The van der Waals surface area contributed by atoms with Crippen LogP contribution in [0.5, 0.6) is 0 Å². The van der Waals surface area contributed by atoms with E-state index in [-0.39, 0.29) is 11.1 Å². The summed E-state index contributed by atoms with van der Waals surface area (Å²) in [6.45, 7) is 0. The number of hydrogen-bond donors (Lipinski definition) is 0. The van der Waals surface area contributed by atoms with Gasteiger partial charge in [0.2, 0.25) is 0 Å². The SMILES string of the molecule is O=C(c1ccc(F)c(C(F)(F)F)c1)c1ccccc1Br. The van der Waals surface area contributed by atoms with Crippen LogP contribution in [-0.4, -0.2) is 5.78 Å². The van der Waals surface area contributed by atoms with Crippen LogP contribution in [0, 0.1) is 5.82 Å². The molecule has 0 atom stereocenters. The quantitative estimate of drug-likeness (QED) is 0.561. The van der Waals surface area contributed by atoms with Crippen molar-refractivity contribution in [2.45, 2.75) is 6.18 Å². The molecule has 0 N–H and O–H groups in total. The summed E-state index contributed by atoms with van der Waals surface area (Å²) in [6, 6.07) is 8.54. The van der Waals surface area contributed by atoms with Crippen LogP contribution in [0.3, 0.4) is 0 Å². The maximum absolute atomic E-state index is 13.2. The highest BCUT2D eigenvalue weighted by Gasteiger charge is 2.34. The van der Waals surface area contributed by atoms with Crippen molar-refractivity contribution in [2.75, 3.05) is 0 Å². The smallest absolute Gasteiger partial charge is 0.289 e. The van der Waals surface area contributed by atoms with Gasteiger partial charge in [0.05, 0.1) is 5.56 Å². The van der Waals surface area contributed by atoms with Crippen LogP contribution in [0.2, 0.25) is 0 Å². The first-order valence-corrected chi connectivity index (χ1v) is 6.26. The maximum atomic E-state index is 13.2. The van der Waals surface area contributed by atoms with Crippen molar-refractivity contribution in [3.05, 3.63) is 69.4 Å². The second kappa shape index (κ2) is 5.36. The second-order valence-electron chi connectivity index (χ2n) is 4.00. The molecule has 0 radical (unpaired) electrons. The normalized spacial score (nSPS) is 11.4. The Morgan fingerprint density at radius 3 is 2.30 bits per heavy atom. The molecule has 0 aromatic heterocycles. The molecule has 0 aliphatic carbocycles. The summed E-state index contributed by atoms with van der Waals surface area (Å²) >= 11 is 3.15. The van der Waals surface area contributed by atoms with Gasteiger partial charge < -0.3 is 0 Å². The van der Waals surface area contributed by atoms with Crippen molar-refractivity contribution in [1.82, 2.24) is 0 Å². The molecule has 0 spiro atoms. The van der Waals surface area contributed by atoms with Crippen LogP contribution < -0.4 is 0 Å². The number of ketones is 1. The van der Waals surface area contributed by atoms with Crippen LogP contribution in [0.15, 0.2) is 46.9 Å². The standard InChI is InChI=1S/C14H7BrF4O/c15-11-4-2-1-3-9(11)13(20)8-5-6-12(16)10(7-8)14(17,18)19/h1-7H. The predicted octanol–water partition coefficient (Wildman–Crippen LogP) is 4.84. The third-order valence-corrected chi connectivity index (χ3v) is 3.34. The lowest BCUT2D eigenvalue weighted by Gasteiger charge is -2.10. The summed E-state index contributed by atoms with van der Waals surface area (Å²) in [7, 11) is 0. The lowest BCUT2D eigenvalue weighted by atomic mass is 10.0. The van der Waals surface area contributed by atoms with E-state index in [1.165, 1.54) is 6.07 Å². The van der Waals surface area contributed by atoms with Crippen molar-refractivity contribution >= 4 is 21.7 Å². The lowest BCUT2D eigenvalue weighted by molar-refractivity contribution is -0.140. The Hall–Kier alpha value is -1.69. The molecule has 2 aromatic carbocycles. The highest BCUT2D eigenvalue weighted by atomic mass is 79.9. The summed E-state index contributed by atoms with van der Waals surface area (Å²) in [5.74, 6) is -2.01. The highest BCUT2D eigenvalue weighted by Crippen LogP contribution is 2.32. The number of carbonyl (C=O) groups excluding carboxylic acids is 1. The molecule has 0 aliphatic heterocycles. The third-order valence-electron chi connectivity index (χ3n) is 2.65. The van der Waals surface area contributed by atoms with E-state index >= 15 is 0 Å². The third kappa shape index (κ3) is 2.90. The van der Waals surface area contributed by atoms with Crippen molar-refractivity contribution in [3.8, 4) is 0 Å². The minimum atomic E-state index is -4.84. The van der Waals surface area contributed by atoms with Crippen LogP contribution in [0.1, 0.15) is 21.5 Å². The number of alkyl halides is 3. The number of benzene rings is 2. The van der Waals surface area contributed by atoms with Gasteiger partial charge in [0.15, 0.2) is 5.78 Å². The van der Waals surface area contributed by atoms with Crippen LogP contribution in [0.4, 0.5) is 17.6 Å². The zero-order valence-electron chi connectivity index (χ0n) is 9.84. The molecule has 2 rings (SSSR count). The first-order chi connectivity index (χ1) is 9.30. The van der Waals surface area contributed by atoms with E-state index in [0.29, 0.717) is 16.6 Å². The molecule has 0 amide bonds. The first kappa shape index (κ1) is 14.7. The Balaban J connectivity index is 2.50. The Bertz CT molecular complexity index is 664. The molecule has 0 bridgehead atoms. The monoisotopic (exact) mass is 346 g/mol. The van der Waals surface area contributed by atoms with E-state index in [1.54, 1.807) is 18.2 Å². The van der Waals surface area contributed by atoms with Gasteiger partial charge in [-0.1, -0.05) is 28.1 Å². The fourth-order valence-corrected chi connectivity index (χ4v) is 2.15. The molecule has 0 saturated carbocycles. The average molecular weight is 347 g/mol.